The highest BCUT2D eigenvalue weighted by molar-refractivity contribution is 6.30. The molecule has 0 saturated carbocycles. The number of methoxy groups -OCH3 is 2. The first-order valence-electron chi connectivity index (χ1n) is 10.3. The van der Waals surface area contributed by atoms with Crippen molar-refractivity contribution in [2.24, 2.45) is 0 Å². The van der Waals surface area contributed by atoms with Gasteiger partial charge in [-0.25, -0.2) is 0 Å². The number of hydrogen-bond donors (Lipinski definition) is 1. The summed E-state index contributed by atoms with van der Waals surface area (Å²) in [5, 5.41) is 3.70. The molecule has 0 fully saturated rings. The summed E-state index contributed by atoms with van der Waals surface area (Å²) in [7, 11) is 3.21. The minimum Gasteiger partial charge on any atom is -0.493 e. The summed E-state index contributed by atoms with van der Waals surface area (Å²) in [6, 6.07) is 17.1. The smallest absolute Gasteiger partial charge is 0.268 e. The van der Waals surface area contributed by atoms with Crippen molar-refractivity contribution >= 4 is 28.6 Å². The second kappa shape index (κ2) is 9.40. The molecule has 0 spiro atoms. The van der Waals surface area contributed by atoms with Crippen LogP contribution in [0.15, 0.2) is 59.0 Å². The van der Waals surface area contributed by atoms with Gasteiger partial charge in [0.15, 0.2) is 17.1 Å². The number of aryl methyl sites for hydroxylation is 1. The van der Waals surface area contributed by atoms with Crippen LogP contribution in [0.3, 0.4) is 0 Å². The summed E-state index contributed by atoms with van der Waals surface area (Å²) < 4.78 is 18.4. The number of aromatic nitrogens is 1. The summed E-state index contributed by atoms with van der Waals surface area (Å²) in [4.78, 5) is 13.0. The lowest BCUT2D eigenvalue weighted by Gasteiger charge is -2.12. The van der Waals surface area contributed by atoms with Gasteiger partial charge in [0.2, 0.25) is 0 Å². The Morgan fingerprint density at radius 1 is 1.00 bits per heavy atom. The summed E-state index contributed by atoms with van der Waals surface area (Å²) in [5.74, 6) is 2.01. The van der Waals surface area contributed by atoms with Crippen LogP contribution < -0.4 is 14.8 Å². The Hall–Kier alpha value is -3.38. The van der Waals surface area contributed by atoms with E-state index in [0.717, 1.165) is 22.4 Å². The molecule has 2 aromatic heterocycles. The highest BCUT2D eigenvalue weighted by Gasteiger charge is 2.18. The molecule has 0 radical (unpaired) electrons. The SMILES string of the molecule is COc1ccc(CCNC(=O)c2cc3oc(C)cc3n2Cc2ccc(Cl)cc2)cc1OC. The number of carbonyl (C=O) groups is 1. The second-order valence-electron chi connectivity index (χ2n) is 7.54. The van der Waals surface area contributed by atoms with Crippen LogP contribution in [0.4, 0.5) is 0 Å². The van der Waals surface area contributed by atoms with Crippen molar-refractivity contribution in [1.82, 2.24) is 9.88 Å². The van der Waals surface area contributed by atoms with E-state index >= 15 is 0 Å². The lowest BCUT2D eigenvalue weighted by atomic mass is 10.1. The van der Waals surface area contributed by atoms with Gasteiger partial charge in [0.1, 0.15) is 11.5 Å². The molecule has 0 aliphatic rings. The number of nitrogens with one attached hydrogen (secondary N) is 1. The first-order chi connectivity index (χ1) is 15.5. The standard InChI is InChI=1S/C25H25ClN2O4/c1-16-12-20-23(32-16)14-21(28(20)15-18-4-7-19(26)8-5-18)25(29)27-11-10-17-6-9-22(30-2)24(13-17)31-3/h4-9,12-14H,10-11,15H2,1-3H3,(H,27,29). The van der Waals surface area contributed by atoms with Crippen LogP contribution in [0.1, 0.15) is 27.4 Å². The third kappa shape index (κ3) is 4.60. The molecule has 0 unspecified atom stereocenters. The summed E-state index contributed by atoms with van der Waals surface area (Å²) in [6.45, 7) is 2.93. The lowest BCUT2D eigenvalue weighted by molar-refractivity contribution is 0.0945. The van der Waals surface area contributed by atoms with Crippen LogP contribution in [0.2, 0.25) is 5.02 Å². The molecule has 0 atom stereocenters. The van der Waals surface area contributed by atoms with Crippen molar-refractivity contribution in [2.75, 3.05) is 20.8 Å². The van der Waals surface area contributed by atoms with Gasteiger partial charge >= 0.3 is 0 Å². The van der Waals surface area contributed by atoms with Gasteiger partial charge in [0.25, 0.3) is 5.91 Å². The molecule has 166 valence electrons. The number of ether oxygens (including phenoxy) is 2. The third-order valence-corrected chi connectivity index (χ3v) is 5.60. The van der Waals surface area contributed by atoms with Crippen LogP contribution >= 0.6 is 11.6 Å². The van der Waals surface area contributed by atoms with Crippen molar-refractivity contribution in [3.63, 3.8) is 0 Å². The van der Waals surface area contributed by atoms with E-state index in [1.54, 1.807) is 20.3 Å². The van der Waals surface area contributed by atoms with E-state index in [9.17, 15) is 4.79 Å². The van der Waals surface area contributed by atoms with E-state index in [0.29, 0.717) is 47.3 Å². The molecule has 7 heteroatoms. The number of halogens is 1. The minimum atomic E-state index is -0.150. The molecule has 4 rings (SSSR count). The van der Waals surface area contributed by atoms with Gasteiger partial charge in [-0.3, -0.25) is 4.79 Å². The van der Waals surface area contributed by atoms with E-state index in [4.69, 9.17) is 25.5 Å². The third-order valence-electron chi connectivity index (χ3n) is 5.35. The maximum absolute atomic E-state index is 13.0. The minimum absolute atomic E-state index is 0.150. The average Bonchev–Trinajstić information content (AvgIpc) is 3.31. The number of benzene rings is 2. The Morgan fingerprint density at radius 2 is 1.72 bits per heavy atom. The summed E-state index contributed by atoms with van der Waals surface area (Å²) >= 11 is 6.02. The Bertz CT molecular complexity index is 1240. The number of rotatable bonds is 8. The van der Waals surface area contributed by atoms with E-state index in [2.05, 4.69) is 5.32 Å². The largest absolute Gasteiger partial charge is 0.493 e. The van der Waals surface area contributed by atoms with Gasteiger partial charge in [-0.2, -0.15) is 0 Å². The molecule has 2 aromatic carbocycles. The molecule has 32 heavy (non-hydrogen) atoms. The van der Waals surface area contributed by atoms with E-state index in [1.165, 1.54) is 0 Å². The Labute approximate surface area is 191 Å². The maximum Gasteiger partial charge on any atom is 0.268 e. The van der Waals surface area contributed by atoms with Crippen LogP contribution in [-0.2, 0) is 13.0 Å². The van der Waals surface area contributed by atoms with E-state index in [1.807, 2.05) is 60.0 Å². The molecular formula is C25H25ClN2O4. The number of furan rings is 1. The molecule has 4 aromatic rings. The normalized spacial score (nSPS) is 11.0. The average molecular weight is 453 g/mol. The molecule has 2 heterocycles. The van der Waals surface area contributed by atoms with Crippen molar-refractivity contribution in [3.8, 4) is 11.5 Å². The zero-order chi connectivity index (χ0) is 22.7. The van der Waals surface area contributed by atoms with Gasteiger partial charge in [0, 0.05) is 30.2 Å². The highest BCUT2D eigenvalue weighted by Crippen LogP contribution is 2.28. The zero-order valence-electron chi connectivity index (χ0n) is 18.3. The van der Waals surface area contributed by atoms with Crippen molar-refractivity contribution in [2.45, 2.75) is 19.9 Å². The molecule has 0 saturated heterocycles. The Morgan fingerprint density at radius 3 is 2.44 bits per heavy atom. The highest BCUT2D eigenvalue weighted by atomic mass is 35.5. The van der Waals surface area contributed by atoms with Crippen molar-refractivity contribution in [1.29, 1.82) is 0 Å². The molecule has 0 bridgehead atoms. The Balaban J connectivity index is 1.50. The number of hydrogen-bond acceptors (Lipinski definition) is 4. The topological polar surface area (TPSA) is 65.6 Å². The predicted octanol–water partition coefficient (Wildman–Crippen LogP) is 5.23. The second-order valence-corrected chi connectivity index (χ2v) is 7.98. The first-order valence-corrected chi connectivity index (χ1v) is 10.7. The quantitative estimate of drug-likeness (QED) is 0.397. The van der Waals surface area contributed by atoms with Crippen molar-refractivity contribution in [3.05, 3.63) is 82.2 Å². The van der Waals surface area contributed by atoms with Gasteiger partial charge in [0.05, 0.1) is 19.7 Å². The fourth-order valence-electron chi connectivity index (χ4n) is 3.74. The number of carbonyl (C=O) groups excluding carboxylic acids is 1. The maximum atomic E-state index is 13.0. The summed E-state index contributed by atoms with van der Waals surface area (Å²) in [6.07, 6.45) is 0.666. The van der Waals surface area contributed by atoms with E-state index in [-0.39, 0.29) is 5.91 Å². The summed E-state index contributed by atoms with van der Waals surface area (Å²) in [5.41, 5.74) is 4.24. The fraction of sp³-hybridized carbons (Fsp3) is 0.240. The zero-order valence-corrected chi connectivity index (χ0v) is 19.0. The van der Waals surface area contributed by atoms with Crippen molar-refractivity contribution < 1.29 is 18.7 Å². The number of nitrogens with zero attached hydrogens (tertiary/aromatic N) is 1. The Kier molecular flexibility index (Phi) is 6.42. The molecule has 6 nitrogen and oxygen atoms in total. The monoisotopic (exact) mass is 452 g/mol. The van der Waals surface area contributed by atoms with Crippen LogP contribution in [0.25, 0.3) is 11.1 Å². The van der Waals surface area contributed by atoms with E-state index < -0.39 is 0 Å². The number of amides is 1. The van der Waals surface area contributed by atoms with Gasteiger partial charge < -0.3 is 23.8 Å². The van der Waals surface area contributed by atoms with Crippen LogP contribution in [-0.4, -0.2) is 31.2 Å². The van der Waals surface area contributed by atoms with Crippen LogP contribution in [0, 0.1) is 6.92 Å². The van der Waals surface area contributed by atoms with Crippen LogP contribution in [0.5, 0.6) is 11.5 Å². The van der Waals surface area contributed by atoms with Gasteiger partial charge in [-0.05, 0) is 48.7 Å². The first kappa shape index (κ1) is 21.8. The molecule has 0 aliphatic carbocycles. The molecule has 0 aliphatic heterocycles. The molecule has 1 amide bonds. The fourth-order valence-corrected chi connectivity index (χ4v) is 3.87. The van der Waals surface area contributed by atoms with Gasteiger partial charge in [-0.15, -0.1) is 0 Å². The number of fused-ring (bicyclic) bond motifs is 1. The molecular weight excluding hydrogens is 428 g/mol. The molecule has 1 N–H and O–H groups in total. The van der Waals surface area contributed by atoms with Gasteiger partial charge in [-0.1, -0.05) is 29.8 Å². The lowest BCUT2D eigenvalue weighted by Crippen LogP contribution is -2.28. The predicted molar refractivity (Wildman–Crippen MR) is 125 cm³/mol.